The van der Waals surface area contributed by atoms with Gasteiger partial charge in [0.1, 0.15) is 10.7 Å². The van der Waals surface area contributed by atoms with E-state index in [1.54, 1.807) is 6.92 Å². The molecular formula is C17H15ClN4O3. The number of urea groups is 1. The minimum Gasteiger partial charge on any atom is -0.268 e. The van der Waals surface area contributed by atoms with Gasteiger partial charge < -0.3 is 0 Å². The van der Waals surface area contributed by atoms with E-state index in [9.17, 15) is 14.4 Å². The molecule has 1 aliphatic heterocycles. The molecule has 0 aliphatic carbocycles. The largest absolute Gasteiger partial charge is 0.333 e. The first-order chi connectivity index (χ1) is 11.8. The molecule has 1 aromatic heterocycles. The molecule has 1 aromatic carbocycles. The summed E-state index contributed by atoms with van der Waals surface area (Å²) in [5.41, 5.74) is 1.63. The average Bonchev–Trinajstić information content (AvgIpc) is 2.90. The van der Waals surface area contributed by atoms with Crippen molar-refractivity contribution in [2.45, 2.75) is 6.92 Å². The third-order valence-electron chi connectivity index (χ3n) is 3.98. The maximum Gasteiger partial charge on any atom is 0.333 e. The van der Waals surface area contributed by atoms with Crippen molar-refractivity contribution in [1.29, 1.82) is 0 Å². The van der Waals surface area contributed by atoms with Crippen LogP contribution >= 0.6 is 11.6 Å². The molecule has 0 N–H and O–H groups in total. The highest BCUT2D eigenvalue weighted by Crippen LogP contribution is 2.27. The number of rotatable bonds is 2. The van der Waals surface area contributed by atoms with Gasteiger partial charge in [-0.05, 0) is 25.1 Å². The van der Waals surface area contributed by atoms with E-state index in [1.807, 2.05) is 30.3 Å². The maximum atomic E-state index is 12.3. The first-order valence-corrected chi connectivity index (χ1v) is 7.83. The number of nitrogens with zero attached hydrogens (tertiary/aromatic N) is 4. The van der Waals surface area contributed by atoms with Gasteiger partial charge in [0.2, 0.25) is 0 Å². The van der Waals surface area contributed by atoms with Gasteiger partial charge in [0.15, 0.2) is 0 Å². The maximum absolute atomic E-state index is 12.3. The predicted molar refractivity (Wildman–Crippen MR) is 92.2 cm³/mol. The fourth-order valence-electron chi connectivity index (χ4n) is 2.53. The molecule has 1 aliphatic rings. The van der Waals surface area contributed by atoms with Crippen LogP contribution < -0.4 is 0 Å². The monoisotopic (exact) mass is 358 g/mol. The highest BCUT2D eigenvalue weighted by Gasteiger charge is 2.38. The lowest BCUT2D eigenvalue weighted by atomic mass is 10.1. The molecule has 3 rings (SSSR count). The van der Waals surface area contributed by atoms with Crippen LogP contribution in [0.3, 0.4) is 0 Å². The van der Waals surface area contributed by atoms with Gasteiger partial charge in [-0.3, -0.25) is 19.4 Å². The zero-order chi connectivity index (χ0) is 18.3. The molecule has 25 heavy (non-hydrogen) atoms. The Morgan fingerprint density at radius 3 is 2.12 bits per heavy atom. The highest BCUT2D eigenvalue weighted by molar-refractivity contribution is 6.33. The minimum absolute atomic E-state index is 0.137. The topological polar surface area (TPSA) is 75.5 Å². The Balaban J connectivity index is 2.10. The zero-order valence-corrected chi connectivity index (χ0v) is 14.6. The number of imide groups is 2. The SMILES string of the molecule is Cc1nn(-c2ccccc2)c(Cl)c1C=C1C(=O)N(C)C(=O)N(C)C1=O. The van der Waals surface area contributed by atoms with Crippen molar-refractivity contribution in [3.8, 4) is 5.69 Å². The minimum atomic E-state index is -0.671. The number of carbonyl (C=O) groups is 3. The van der Waals surface area contributed by atoms with E-state index in [4.69, 9.17) is 11.6 Å². The number of carbonyl (C=O) groups excluding carboxylic acids is 3. The van der Waals surface area contributed by atoms with E-state index in [1.165, 1.54) is 24.9 Å². The summed E-state index contributed by atoms with van der Waals surface area (Å²) in [5, 5.41) is 4.65. The number of hydrogen-bond donors (Lipinski definition) is 0. The quantitative estimate of drug-likeness (QED) is 0.609. The molecule has 8 heteroatoms. The van der Waals surface area contributed by atoms with Crippen molar-refractivity contribution < 1.29 is 14.4 Å². The summed E-state index contributed by atoms with van der Waals surface area (Å²) in [5.74, 6) is -1.34. The van der Waals surface area contributed by atoms with Crippen LogP contribution in [0.2, 0.25) is 5.15 Å². The summed E-state index contributed by atoms with van der Waals surface area (Å²) in [7, 11) is 2.65. The summed E-state index contributed by atoms with van der Waals surface area (Å²) in [6, 6.07) is 8.59. The third kappa shape index (κ3) is 2.72. The Labute approximate surface area is 149 Å². The van der Waals surface area contributed by atoms with E-state index in [2.05, 4.69) is 5.10 Å². The first kappa shape index (κ1) is 16.9. The Morgan fingerprint density at radius 1 is 1.00 bits per heavy atom. The molecule has 128 valence electrons. The number of likely N-dealkylation sites (N-methyl/N-ethyl adjacent to an activating group) is 2. The Bertz CT molecular complexity index is 891. The molecule has 1 saturated heterocycles. The zero-order valence-electron chi connectivity index (χ0n) is 13.9. The van der Waals surface area contributed by atoms with Crippen LogP contribution in [0.4, 0.5) is 4.79 Å². The smallest absolute Gasteiger partial charge is 0.268 e. The summed E-state index contributed by atoms with van der Waals surface area (Å²) in [4.78, 5) is 38.2. The van der Waals surface area contributed by atoms with E-state index < -0.39 is 17.8 Å². The molecule has 0 spiro atoms. The lowest BCUT2D eigenvalue weighted by molar-refractivity contribution is -0.134. The second-order valence-electron chi connectivity index (χ2n) is 5.61. The highest BCUT2D eigenvalue weighted by atomic mass is 35.5. The summed E-state index contributed by atoms with van der Waals surface area (Å²) < 4.78 is 1.53. The average molecular weight is 359 g/mol. The molecule has 0 bridgehead atoms. The van der Waals surface area contributed by atoms with Crippen LogP contribution in [0.1, 0.15) is 11.3 Å². The number of benzene rings is 1. The molecule has 1 fully saturated rings. The van der Waals surface area contributed by atoms with Crippen molar-refractivity contribution in [2.75, 3.05) is 14.1 Å². The normalized spacial score (nSPS) is 15.2. The van der Waals surface area contributed by atoms with Crippen LogP contribution in [0, 0.1) is 6.92 Å². The van der Waals surface area contributed by atoms with E-state index in [0.717, 1.165) is 15.5 Å². The van der Waals surface area contributed by atoms with E-state index in [-0.39, 0.29) is 10.7 Å². The summed E-state index contributed by atoms with van der Waals surface area (Å²) in [6.07, 6.45) is 1.38. The fraction of sp³-hybridized carbons (Fsp3) is 0.176. The second-order valence-corrected chi connectivity index (χ2v) is 5.96. The van der Waals surface area contributed by atoms with Gasteiger partial charge in [-0.2, -0.15) is 5.10 Å². The molecule has 4 amide bonds. The van der Waals surface area contributed by atoms with Crippen LogP contribution in [0.15, 0.2) is 35.9 Å². The molecule has 0 unspecified atom stereocenters. The van der Waals surface area contributed by atoms with E-state index in [0.29, 0.717) is 11.3 Å². The van der Waals surface area contributed by atoms with Gasteiger partial charge in [-0.25, -0.2) is 9.48 Å². The number of aryl methyl sites for hydroxylation is 1. The lowest BCUT2D eigenvalue weighted by Gasteiger charge is -2.28. The van der Waals surface area contributed by atoms with Crippen LogP contribution in [0.5, 0.6) is 0 Å². The van der Waals surface area contributed by atoms with Crippen molar-refractivity contribution >= 4 is 35.5 Å². The van der Waals surface area contributed by atoms with Crippen molar-refractivity contribution in [1.82, 2.24) is 19.6 Å². The van der Waals surface area contributed by atoms with Gasteiger partial charge in [0.25, 0.3) is 11.8 Å². The number of amides is 4. The van der Waals surface area contributed by atoms with Gasteiger partial charge in [-0.1, -0.05) is 29.8 Å². The van der Waals surface area contributed by atoms with Crippen molar-refractivity contribution in [3.63, 3.8) is 0 Å². The van der Waals surface area contributed by atoms with Crippen LogP contribution in [-0.2, 0) is 9.59 Å². The number of para-hydroxylation sites is 1. The van der Waals surface area contributed by atoms with Gasteiger partial charge in [0.05, 0.1) is 11.4 Å². The lowest BCUT2D eigenvalue weighted by Crippen LogP contribution is -2.52. The number of aromatic nitrogens is 2. The number of halogens is 1. The molecule has 0 atom stereocenters. The Morgan fingerprint density at radius 2 is 1.56 bits per heavy atom. The van der Waals surface area contributed by atoms with Gasteiger partial charge in [0, 0.05) is 19.7 Å². The standard InChI is InChI=1S/C17H15ClN4O3/c1-10-12(14(18)22(19-10)11-7-5-4-6-8-11)9-13-15(23)20(2)17(25)21(3)16(13)24/h4-9H,1-3H3. The van der Waals surface area contributed by atoms with Gasteiger partial charge in [-0.15, -0.1) is 0 Å². The number of barbiturate groups is 1. The van der Waals surface area contributed by atoms with Crippen LogP contribution in [-0.4, -0.2) is 51.5 Å². The molecule has 2 aromatic rings. The molecule has 0 radical (unpaired) electrons. The summed E-state index contributed by atoms with van der Waals surface area (Å²) in [6.45, 7) is 1.73. The predicted octanol–water partition coefficient (Wildman–Crippen LogP) is 2.27. The summed E-state index contributed by atoms with van der Waals surface area (Å²) >= 11 is 6.42. The van der Waals surface area contributed by atoms with Gasteiger partial charge >= 0.3 is 6.03 Å². The molecular weight excluding hydrogens is 344 g/mol. The molecule has 7 nitrogen and oxygen atoms in total. The third-order valence-corrected chi connectivity index (χ3v) is 4.35. The Hall–Kier alpha value is -2.93. The van der Waals surface area contributed by atoms with Crippen molar-refractivity contribution in [2.24, 2.45) is 0 Å². The van der Waals surface area contributed by atoms with Crippen molar-refractivity contribution in [3.05, 3.63) is 52.3 Å². The molecule has 2 heterocycles. The Kier molecular flexibility index (Phi) is 4.18. The van der Waals surface area contributed by atoms with E-state index >= 15 is 0 Å². The fourth-order valence-corrected chi connectivity index (χ4v) is 2.86. The van der Waals surface area contributed by atoms with Crippen LogP contribution in [0.25, 0.3) is 11.8 Å². The molecule has 0 saturated carbocycles. The second kappa shape index (κ2) is 6.18. The number of hydrogen-bond acceptors (Lipinski definition) is 4. The first-order valence-electron chi connectivity index (χ1n) is 7.45.